The van der Waals surface area contributed by atoms with Crippen molar-refractivity contribution in [1.82, 2.24) is 14.8 Å². The fourth-order valence-electron chi connectivity index (χ4n) is 5.48. The van der Waals surface area contributed by atoms with Gasteiger partial charge in [-0.15, -0.1) is 0 Å². The number of nitrogens with one attached hydrogen (secondary N) is 1. The van der Waals surface area contributed by atoms with Crippen molar-refractivity contribution in [3.8, 4) is 5.75 Å². The van der Waals surface area contributed by atoms with E-state index >= 15 is 0 Å². The molecule has 0 unspecified atom stereocenters. The number of carbonyl (C=O) groups is 2. The minimum absolute atomic E-state index is 0.0347. The molecule has 2 heterocycles. The molecule has 38 heavy (non-hydrogen) atoms. The van der Waals surface area contributed by atoms with Crippen molar-refractivity contribution in [1.29, 1.82) is 0 Å². The normalized spacial score (nSPS) is 24.1. The number of hydrogen-bond donors (Lipinski definition) is 1. The van der Waals surface area contributed by atoms with Crippen molar-refractivity contribution in [2.24, 2.45) is 11.8 Å². The first kappa shape index (κ1) is 28.0. The SMILES string of the molecule is CO[C@H]1CN(C)C(=O)c2cc(NC(=O)C3CCCCC3)ccc2OC[C@@H](C)N(Cc2cccnc2)C[C@H]1C. The molecule has 1 fully saturated rings. The highest BCUT2D eigenvalue weighted by Crippen LogP contribution is 2.29. The summed E-state index contributed by atoms with van der Waals surface area (Å²) in [4.78, 5) is 34.8. The zero-order valence-electron chi connectivity index (χ0n) is 23.2. The number of pyridine rings is 1. The van der Waals surface area contributed by atoms with Crippen molar-refractivity contribution in [3.05, 3.63) is 53.9 Å². The van der Waals surface area contributed by atoms with Crippen molar-refractivity contribution >= 4 is 17.5 Å². The lowest BCUT2D eigenvalue weighted by Crippen LogP contribution is -2.46. The summed E-state index contributed by atoms with van der Waals surface area (Å²) in [5.74, 6) is 0.619. The standard InChI is InChI=1S/C30H42N4O4/c1-21-17-34(18-23-9-8-14-31-16-23)22(2)20-38-27-13-12-25(32-29(35)24-10-6-5-7-11-24)15-26(27)30(36)33(3)19-28(21)37-4/h8-9,12-16,21-22,24,28H,5-7,10-11,17-20H2,1-4H3,(H,32,35)/t21-,22-,28+/m1/s1. The Bertz CT molecular complexity index is 1070. The molecule has 8 heteroatoms. The second-order valence-electron chi connectivity index (χ2n) is 10.9. The van der Waals surface area contributed by atoms with Gasteiger partial charge in [-0.25, -0.2) is 0 Å². The minimum atomic E-state index is -0.150. The molecule has 8 nitrogen and oxygen atoms in total. The third-order valence-corrected chi connectivity index (χ3v) is 7.93. The van der Waals surface area contributed by atoms with Gasteiger partial charge in [0.25, 0.3) is 5.91 Å². The van der Waals surface area contributed by atoms with Crippen LogP contribution in [-0.4, -0.2) is 72.6 Å². The molecule has 1 aliphatic heterocycles. The van der Waals surface area contributed by atoms with E-state index in [4.69, 9.17) is 9.47 Å². The first-order valence-electron chi connectivity index (χ1n) is 13.8. The van der Waals surface area contributed by atoms with E-state index in [-0.39, 0.29) is 35.8 Å². The van der Waals surface area contributed by atoms with Gasteiger partial charge in [0.05, 0.1) is 11.7 Å². The first-order valence-corrected chi connectivity index (χ1v) is 13.8. The number of ether oxygens (including phenoxy) is 2. The number of methoxy groups -OCH3 is 1. The van der Waals surface area contributed by atoms with E-state index in [0.29, 0.717) is 30.2 Å². The number of likely N-dealkylation sites (N-methyl/N-ethyl adjacent to an activating group) is 1. The summed E-state index contributed by atoms with van der Waals surface area (Å²) in [5.41, 5.74) is 2.21. The molecule has 2 amide bonds. The van der Waals surface area contributed by atoms with Gasteiger partial charge in [-0.2, -0.15) is 0 Å². The van der Waals surface area contributed by atoms with Crippen LogP contribution in [0.25, 0.3) is 0 Å². The van der Waals surface area contributed by atoms with Gasteiger partial charge in [0, 0.05) is 63.8 Å². The predicted molar refractivity (Wildman–Crippen MR) is 148 cm³/mol. The highest BCUT2D eigenvalue weighted by Gasteiger charge is 2.29. The van der Waals surface area contributed by atoms with Crippen LogP contribution in [0.4, 0.5) is 5.69 Å². The molecule has 0 spiro atoms. The Kier molecular flexibility index (Phi) is 9.74. The summed E-state index contributed by atoms with van der Waals surface area (Å²) >= 11 is 0. The Morgan fingerprint density at radius 2 is 1.95 bits per heavy atom. The average Bonchev–Trinajstić information content (AvgIpc) is 2.94. The maximum atomic E-state index is 13.6. The minimum Gasteiger partial charge on any atom is -0.491 e. The molecule has 1 aromatic heterocycles. The van der Waals surface area contributed by atoms with Crippen LogP contribution in [-0.2, 0) is 16.1 Å². The van der Waals surface area contributed by atoms with Gasteiger partial charge in [-0.05, 0) is 55.5 Å². The third-order valence-electron chi connectivity index (χ3n) is 7.93. The number of amides is 2. The van der Waals surface area contributed by atoms with Crippen molar-refractivity contribution in [2.45, 2.75) is 64.6 Å². The van der Waals surface area contributed by atoms with Crippen molar-refractivity contribution in [3.63, 3.8) is 0 Å². The summed E-state index contributed by atoms with van der Waals surface area (Å²) in [7, 11) is 3.50. The molecule has 4 rings (SSSR count). The van der Waals surface area contributed by atoms with Gasteiger partial charge in [0.1, 0.15) is 12.4 Å². The zero-order valence-corrected chi connectivity index (χ0v) is 23.2. The Balaban J connectivity index is 1.59. The molecular formula is C30H42N4O4. The summed E-state index contributed by atoms with van der Waals surface area (Å²) in [6.07, 6.45) is 8.77. The molecule has 2 aliphatic rings. The number of hydrogen-bond acceptors (Lipinski definition) is 6. The Morgan fingerprint density at radius 3 is 2.66 bits per heavy atom. The van der Waals surface area contributed by atoms with Crippen LogP contribution in [0.5, 0.6) is 5.75 Å². The Hall–Kier alpha value is -2.97. The van der Waals surface area contributed by atoms with Gasteiger partial charge in [0.15, 0.2) is 0 Å². The molecule has 1 N–H and O–H groups in total. The summed E-state index contributed by atoms with van der Waals surface area (Å²) < 4.78 is 12.1. The van der Waals surface area contributed by atoms with Gasteiger partial charge in [-0.3, -0.25) is 19.5 Å². The van der Waals surface area contributed by atoms with Crippen LogP contribution < -0.4 is 10.1 Å². The second kappa shape index (κ2) is 13.2. The molecule has 1 aliphatic carbocycles. The number of anilines is 1. The summed E-state index contributed by atoms with van der Waals surface area (Å²) in [5, 5.41) is 3.05. The fourth-order valence-corrected chi connectivity index (χ4v) is 5.48. The molecule has 0 saturated heterocycles. The number of aromatic nitrogens is 1. The number of fused-ring (bicyclic) bond motifs is 1. The highest BCUT2D eigenvalue weighted by molar-refractivity contribution is 5.99. The lowest BCUT2D eigenvalue weighted by Gasteiger charge is -2.36. The van der Waals surface area contributed by atoms with Crippen LogP contribution in [0.2, 0.25) is 0 Å². The van der Waals surface area contributed by atoms with Crippen molar-refractivity contribution < 1.29 is 19.1 Å². The zero-order chi connectivity index (χ0) is 27.1. The molecule has 2 aromatic rings. The Morgan fingerprint density at radius 1 is 1.16 bits per heavy atom. The molecular weight excluding hydrogens is 480 g/mol. The number of carbonyl (C=O) groups excluding carboxylic acids is 2. The van der Waals surface area contributed by atoms with Crippen molar-refractivity contribution in [2.75, 3.05) is 39.2 Å². The van der Waals surface area contributed by atoms with Gasteiger partial charge >= 0.3 is 0 Å². The van der Waals surface area contributed by atoms with Crippen LogP contribution >= 0.6 is 0 Å². The second-order valence-corrected chi connectivity index (χ2v) is 10.9. The van der Waals surface area contributed by atoms with Crippen LogP contribution in [0, 0.1) is 11.8 Å². The van der Waals surface area contributed by atoms with E-state index in [1.54, 1.807) is 37.4 Å². The predicted octanol–water partition coefficient (Wildman–Crippen LogP) is 4.61. The average molecular weight is 523 g/mol. The topological polar surface area (TPSA) is 84.0 Å². The van der Waals surface area contributed by atoms with Gasteiger partial charge < -0.3 is 19.7 Å². The van der Waals surface area contributed by atoms with E-state index in [1.165, 1.54) is 6.42 Å². The maximum absolute atomic E-state index is 13.6. The fraction of sp³-hybridized carbons (Fsp3) is 0.567. The Labute approximate surface area is 226 Å². The lowest BCUT2D eigenvalue weighted by molar-refractivity contribution is -0.120. The monoisotopic (exact) mass is 522 g/mol. The first-order chi connectivity index (χ1) is 18.4. The highest BCUT2D eigenvalue weighted by atomic mass is 16.5. The lowest BCUT2D eigenvalue weighted by atomic mass is 9.88. The smallest absolute Gasteiger partial charge is 0.257 e. The van der Waals surface area contributed by atoms with E-state index in [2.05, 4.69) is 35.1 Å². The maximum Gasteiger partial charge on any atom is 0.257 e. The number of nitrogens with zero attached hydrogens (tertiary/aromatic N) is 3. The number of benzene rings is 1. The third kappa shape index (κ3) is 7.11. The molecule has 1 aromatic carbocycles. The van der Waals surface area contributed by atoms with Gasteiger partial charge in [0.2, 0.25) is 5.91 Å². The van der Waals surface area contributed by atoms with Crippen LogP contribution in [0.3, 0.4) is 0 Å². The molecule has 1 saturated carbocycles. The van der Waals surface area contributed by atoms with E-state index < -0.39 is 0 Å². The molecule has 3 atom stereocenters. The molecule has 0 radical (unpaired) electrons. The number of rotatable bonds is 5. The summed E-state index contributed by atoms with van der Waals surface area (Å²) in [6, 6.07) is 9.51. The van der Waals surface area contributed by atoms with E-state index in [1.807, 2.05) is 18.3 Å². The molecule has 206 valence electrons. The largest absolute Gasteiger partial charge is 0.491 e. The van der Waals surface area contributed by atoms with E-state index in [0.717, 1.165) is 44.3 Å². The van der Waals surface area contributed by atoms with Crippen LogP contribution in [0.1, 0.15) is 61.9 Å². The van der Waals surface area contributed by atoms with Gasteiger partial charge in [-0.1, -0.05) is 32.3 Å². The summed E-state index contributed by atoms with van der Waals surface area (Å²) in [6.45, 7) is 6.70. The van der Waals surface area contributed by atoms with Crippen LogP contribution in [0.15, 0.2) is 42.7 Å². The van der Waals surface area contributed by atoms with E-state index in [9.17, 15) is 9.59 Å². The molecule has 0 bridgehead atoms. The quantitative estimate of drug-likeness (QED) is 0.618.